The number of ketones is 1. The molecule has 1 aromatic carbocycles. The van der Waals surface area contributed by atoms with E-state index in [9.17, 15) is 14.0 Å². The maximum Gasteiger partial charge on any atom is 0.379 e. The molecule has 0 saturated carbocycles. The summed E-state index contributed by atoms with van der Waals surface area (Å²) < 4.78 is 17.3. The van der Waals surface area contributed by atoms with Crippen LogP contribution in [-0.2, 0) is 9.53 Å². The lowest BCUT2D eigenvalue weighted by atomic mass is 10.1. The van der Waals surface area contributed by atoms with Crippen LogP contribution in [0.4, 0.5) is 4.39 Å². The number of benzene rings is 1. The number of rotatable bonds is 4. The average molecular weight is 224 g/mol. The molecule has 0 radical (unpaired) electrons. The standard InChI is InChI=1S/C12H13FO3/c1-8(2)7-16-12(15)11(14)9-3-5-10(13)6-4-9/h3-6,8H,7H2,1-2H3. The van der Waals surface area contributed by atoms with Gasteiger partial charge in [0.05, 0.1) is 6.61 Å². The van der Waals surface area contributed by atoms with Crippen molar-refractivity contribution in [3.05, 3.63) is 35.6 Å². The molecular weight excluding hydrogens is 211 g/mol. The number of esters is 1. The van der Waals surface area contributed by atoms with Crippen LogP contribution < -0.4 is 0 Å². The molecule has 0 amide bonds. The molecule has 0 fully saturated rings. The van der Waals surface area contributed by atoms with Crippen LogP contribution in [0.25, 0.3) is 0 Å². The molecule has 1 rings (SSSR count). The van der Waals surface area contributed by atoms with Crippen LogP contribution in [0, 0.1) is 11.7 Å². The number of carbonyl (C=O) groups is 2. The van der Waals surface area contributed by atoms with E-state index in [2.05, 4.69) is 0 Å². The van der Waals surface area contributed by atoms with E-state index >= 15 is 0 Å². The largest absolute Gasteiger partial charge is 0.459 e. The van der Waals surface area contributed by atoms with E-state index in [-0.39, 0.29) is 18.1 Å². The number of carbonyl (C=O) groups excluding carboxylic acids is 2. The van der Waals surface area contributed by atoms with Gasteiger partial charge in [-0.15, -0.1) is 0 Å². The van der Waals surface area contributed by atoms with E-state index < -0.39 is 17.6 Å². The Kier molecular flexibility index (Phi) is 4.17. The van der Waals surface area contributed by atoms with Crippen molar-refractivity contribution in [2.45, 2.75) is 13.8 Å². The van der Waals surface area contributed by atoms with E-state index in [0.29, 0.717) is 0 Å². The van der Waals surface area contributed by atoms with Crippen molar-refractivity contribution in [3.63, 3.8) is 0 Å². The molecule has 0 N–H and O–H groups in total. The Balaban J connectivity index is 2.64. The van der Waals surface area contributed by atoms with Crippen molar-refractivity contribution in [3.8, 4) is 0 Å². The molecule has 0 aliphatic rings. The van der Waals surface area contributed by atoms with Gasteiger partial charge in [0.2, 0.25) is 0 Å². The second-order valence-electron chi connectivity index (χ2n) is 3.83. The minimum Gasteiger partial charge on any atom is -0.459 e. The average Bonchev–Trinajstić information content (AvgIpc) is 2.26. The number of ether oxygens (including phenoxy) is 1. The zero-order chi connectivity index (χ0) is 12.1. The fourth-order valence-corrected chi connectivity index (χ4v) is 1.03. The summed E-state index contributed by atoms with van der Waals surface area (Å²) in [7, 11) is 0. The zero-order valence-corrected chi connectivity index (χ0v) is 9.20. The summed E-state index contributed by atoms with van der Waals surface area (Å²) in [5, 5.41) is 0. The smallest absolute Gasteiger partial charge is 0.379 e. The van der Waals surface area contributed by atoms with E-state index in [0.717, 1.165) is 12.1 Å². The molecule has 86 valence electrons. The molecular formula is C12H13FO3. The van der Waals surface area contributed by atoms with Crippen molar-refractivity contribution in [2.24, 2.45) is 5.92 Å². The molecule has 3 nitrogen and oxygen atoms in total. The molecule has 0 aliphatic carbocycles. The van der Waals surface area contributed by atoms with Gasteiger partial charge < -0.3 is 4.74 Å². The molecule has 4 heteroatoms. The minimum atomic E-state index is -0.902. The van der Waals surface area contributed by atoms with Gasteiger partial charge in [-0.3, -0.25) is 4.79 Å². The fourth-order valence-electron chi connectivity index (χ4n) is 1.03. The minimum absolute atomic E-state index is 0.134. The summed E-state index contributed by atoms with van der Waals surface area (Å²) in [5.74, 6) is -1.93. The van der Waals surface area contributed by atoms with Gasteiger partial charge in [-0.05, 0) is 30.2 Å². The normalized spacial score (nSPS) is 10.2. The van der Waals surface area contributed by atoms with Crippen LogP contribution in [0.3, 0.4) is 0 Å². The molecule has 0 atom stereocenters. The zero-order valence-electron chi connectivity index (χ0n) is 9.20. The molecule has 16 heavy (non-hydrogen) atoms. The van der Waals surface area contributed by atoms with Crippen molar-refractivity contribution >= 4 is 11.8 Å². The maximum absolute atomic E-state index is 12.6. The predicted octanol–water partition coefficient (Wildman–Crippen LogP) is 2.21. The first-order chi connectivity index (χ1) is 7.50. The molecule has 0 spiro atoms. The summed E-state index contributed by atoms with van der Waals surface area (Å²) in [6, 6.07) is 4.77. The van der Waals surface area contributed by atoms with Gasteiger partial charge >= 0.3 is 5.97 Å². The maximum atomic E-state index is 12.6. The molecule has 0 aromatic heterocycles. The Morgan fingerprint density at radius 3 is 2.31 bits per heavy atom. The first kappa shape index (κ1) is 12.4. The first-order valence-corrected chi connectivity index (χ1v) is 4.97. The molecule has 0 aliphatic heterocycles. The van der Waals surface area contributed by atoms with Crippen LogP contribution in [0.5, 0.6) is 0 Å². The monoisotopic (exact) mass is 224 g/mol. The van der Waals surface area contributed by atoms with E-state index in [1.165, 1.54) is 12.1 Å². The fraction of sp³-hybridized carbons (Fsp3) is 0.333. The molecule has 0 saturated heterocycles. The SMILES string of the molecule is CC(C)COC(=O)C(=O)c1ccc(F)cc1. The topological polar surface area (TPSA) is 43.4 Å². The second-order valence-corrected chi connectivity index (χ2v) is 3.83. The molecule has 0 heterocycles. The highest BCUT2D eigenvalue weighted by Gasteiger charge is 2.17. The highest BCUT2D eigenvalue weighted by Crippen LogP contribution is 2.05. The number of Topliss-reactive ketones (excluding diaryl/α,β-unsaturated/α-hetero) is 1. The van der Waals surface area contributed by atoms with Gasteiger partial charge in [0, 0.05) is 5.56 Å². The van der Waals surface area contributed by atoms with Gasteiger partial charge in [0.15, 0.2) is 0 Å². The summed E-state index contributed by atoms with van der Waals surface area (Å²) >= 11 is 0. The third-order valence-electron chi connectivity index (χ3n) is 1.84. The highest BCUT2D eigenvalue weighted by atomic mass is 19.1. The predicted molar refractivity (Wildman–Crippen MR) is 56.5 cm³/mol. The van der Waals surface area contributed by atoms with E-state index in [1.807, 2.05) is 13.8 Å². The van der Waals surface area contributed by atoms with Crippen molar-refractivity contribution < 1.29 is 18.7 Å². The third-order valence-corrected chi connectivity index (χ3v) is 1.84. The molecule has 0 bridgehead atoms. The lowest BCUT2D eigenvalue weighted by Crippen LogP contribution is -2.19. The van der Waals surface area contributed by atoms with Gasteiger partial charge in [-0.2, -0.15) is 0 Å². The van der Waals surface area contributed by atoms with Gasteiger partial charge in [-0.1, -0.05) is 13.8 Å². The quantitative estimate of drug-likeness (QED) is 0.447. The second kappa shape index (κ2) is 5.39. The number of halogens is 1. The van der Waals surface area contributed by atoms with Crippen LogP contribution >= 0.6 is 0 Å². The summed E-state index contributed by atoms with van der Waals surface area (Å²) in [5.41, 5.74) is 0.134. The van der Waals surface area contributed by atoms with Gasteiger partial charge in [0.25, 0.3) is 5.78 Å². The van der Waals surface area contributed by atoms with Crippen LogP contribution in [0.15, 0.2) is 24.3 Å². The Bertz CT molecular complexity index is 382. The lowest BCUT2D eigenvalue weighted by Gasteiger charge is -2.06. The molecule has 0 unspecified atom stereocenters. The van der Waals surface area contributed by atoms with Gasteiger partial charge in [-0.25, -0.2) is 9.18 Å². The van der Waals surface area contributed by atoms with Crippen LogP contribution in [-0.4, -0.2) is 18.4 Å². The van der Waals surface area contributed by atoms with Crippen molar-refractivity contribution in [1.29, 1.82) is 0 Å². The Hall–Kier alpha value is -1.71. The Morgan fingerprint density at radius 2 is 1.81 bits per heavy atom. The summed E-state index contributed by atoms with van der Waals surface area (Å²) in [6.07, 6.45) is 0. The Labute approximate surface area is 93.2 Å². The van der Waals surface area contributed by atoms with E-state index in [4.69, 9.17) is 4.74 Å². The van der Waals surface area contributed by atoms with E-state index in [1.54, 1.807) is 0 Å². The Morgan fingerprint density at radius 1 is 1.25 bits per heavy atom. The highest BCUT2D eigenvalue weighted by molar-refractivity contribution is 6.40. The number of hydrogen-bond acceptors (Lipinski definition) is 3. The van der Waals surface area contributed by atoms with Crippen LogP contribution in [0.1, 0.15) is 24.2 Å². The summed E-state index contributed by atoms with van der Waals surface area (Å²) in [6.45, 7) is 3.94. The van der Waals surface area contributed by atoms with Crippen molar-refractivity contribution in [2.75, 3.05) is 6.61 Å². The lowest BCUT2D eigenvalue weighted by molar-refractivity contribution is -0.139. The number of hydrogen-bond donors (Lipinski definition) is 0. The van der Waals surface area contributed by atoms with Gasteiger partial charge in [0.1, 0.15) is 5.82 Å². The molecule has 1 aromatic rings. The summed E-state index contributed by atoms with van der Waals surface area (Å²) in [4.78, 5) is 22.7. The first-order valence-electron chi connectivity index (χ1n) is 4.97. The third kappa shape index (κ3) is 3.46. The van der Waals surface area contributed by atoms with Crippen LogP contribution in [0.2, 0.25) is 0 Å². The van der Waals surface area contributed by atoms with Crippen molar-refractivity contribution in [1.82, 2.24) is 0 Å².